The van der Waals surface area contributed by atoms with Gasteiger partial charge in [-0.3, -0.25) is 9.36 Å². The van der Waals surface area contributed by atoms with Gasteiger partial charge in [-0.05, 0) is 40.6 Å². The van der Waals surface area contributed by atoms with Crippen molar-refractivity contribution in [2.75, 3.05) is 0 Å². The van der Waals surface area contributed by atoms with E-state index >= 15 is 0 Å². The molecule has 3 heterocycles. The molecular weight excluding hydrogens is 503 g/mol. The van der Waals surface area contributed by atoms with Gasteiger partial charge in [-0.2, -0.15) is 23.4 Å². The van der Waals surface area contributed by atoms with Gasteiger partial charge >= 0.3 is 11.0 Å². The van der Waals surface area contributed by atoms with Gasteiger partial charge in [0.2, 0.25) is 5.88 Å². The summed E-state index contributed by atoms with van der Waals surface area (Å²) in [6.45, 7) is -0.0219. The topological polar surface area (TPSA) is 95.6 Å². The molecule has 35 heavy (non-hydrogen) atoms. The van der Waals surface area contributed by atoms with E-state index in [2.05, 4.69) is 20.2 Å². The van der Waals surface area contributed by atoms with Crippen molar-refractivity contribution in [3.05, 3.63) is 101 Å². The number of hydrogen-bond acceptors (Lipinski definition) is 6. The number of rotatable bonds is 5. The first kappa shape index (κ1) is 23.1. The summed E-state index contributed by atoms with van der Waals surface area (Å²) in [5.41, 5.74) is 0.0865. The fourth-order valence-electron chi connectivity index (χ4n) is 3.83. The van der Waals surface area contributed by atoms with Crippen molar-refractivity contribution >= 4 is 34.7 Å². The zero-order valence-corrected chi connectivity index (χ0v) is 19.2. The molecule has 0 fully saturated rings. The summed E-state index contributed by atoms with van der Waals surface area (Å²) < 4.78 is 42.6. The maximum Gasteiger partial charge on any atom is 0.416 e. The second-order valence-corrected chi connectivity index (χ2v) is 9.11. The van der Waals surface area contributed by atoms with Gasteiger partial charge in [-0.25, -0.2) is 4.98 Å². The molecule has 12 heteroatoms. The Kier molecular flexibility index (Phi) is 5.81. The third-order valence-corrected chi connectivity index (χ3v) is 6.75. The number of fused-ring (bicyclic) bond motifs is 1. The number of aromatic nitrogens is 3. The number of aromatic hydroxyl groups is 1. The number of nitrogens with zero attached hydrogens (tertiary/aromatic N) is 4. The lowest BCUT2D eigenvalue weighted by Gasteiger charge is -2.15. The molecule has 0 spiro atoms. The number of hydrogen-bond donors (Lipinski definition) is 2. The lowest BCUT2D eigenvalue weighted by atomic mass is 9.96. The summed E-state index contributed by atoms with van der Waals surface area (Å²) >= 11 is 6.60. The normalized spacial score (nSPS) is 13.6. The van der Waals surface area contributed by atoms with Gasteiger partial charge in [-0.15, -0.1) is 0 Å². The summed E-state index contributed by atoms with van der Waals surface area (Å²) in [5.74, 6) is 0.0912. The van der Waals surface area contributed by atoms with E-state index in [4.69, 9.17) is 11.6 Å². The number of thiazole rings is 1. The quantitative estimate of drug-likeness (QED) is 0.424. The number of imidazole rings is 1. The monoisotopic (exact) mass is 517 g/mol. The van der Waals surface area contributed by atoms with E-state index in [1.54, 1.807) is 24.4 Å². The van der Waals surface area contributed by atoms with Crippen LogP contribution in [0.3, 0.4) is 0 Å². The minimum absolute atomic E-state index is 0.0219. The average Bonchev–Trinajstić information content (AvgIpc) is 3.55. The Hall–Kier alpha value is -3.70. The zero-order valence-electron chi connectivity index (χ0n) is 17.7. The lowest BCUT2D eigenvalue weighted by Crippen LogP contribution is -2.17. The van der Waals surface area contributed by atoms with Crippen LogP contribution in [0.4, 0.5) is 13.2 Å². The standard InChI is InChI=1S/C23H15ClF3N5O2S/c24-15-3-1-13(17(9-15)23(25,26)27)8-16(12-2-4-18-14(7-12)10-30-31-18)20-21(33)32(22(34)35-20)11-19-28-5-6-29-19/h1-7,9-10,33H,8,11H2,(H,28,29). The van der Waals surface area contributed by atoms with E-state index in [0.29, 0.717) is 27.5 Å². The molecule has 0 bridgehead atoms. The molecule has 7 nitrogen and oxygen atoms in total. The van der Waals surface area contributed by atoms with Crippen molar-refractivity contribution < 1.29 is 18.3 Å². The van der Waals surface area contributed by atoms with Crippen molar-refractivity contribution in [3.63, 3.8) is 0 Å². The molecule has 5 rings (SSSR count). The minimum atomic E-state index is -4.64. The number of benzene rings is 2. The van der Waals surface area contributed by atoms with E-state index in [-0.39, 0.29) is 34.3 Å². The first-order valence-electron chi connectivity index (χ1n) is 10.2. The zero-order chi connectivity index (χ0) is 24.7. The number of halogens is 4. The highest BCUT2D eigenvalue weighted by Crippen LogP contribution is 2.37. The van der Waals surface area contributed by atoms with Crippen LogP contribution in [0.25, 0.3) is 5.57 Å². The van der Waals surface area contributed by atoms with Gasteiger partial charge in [0.1, 0.15) is 5.82 Å². The second kappa shape index (κ2) is 8.82. The summed E-state index contributed by atoms with van der Waals surface area (Å²) in [5, 5.41) is 19.9. The molecule has 0 unspecified atom stereocenters. The van der Waals surface area contributed by atoms with Crippen LogP contribution in [0, 0.1) is 0 Å². The molecule has 2 aromatic heterocycles. The fourth-order valence-corrected chi connectivity index (χ4v) is 4.95. The third kappa shape index (κ3) is 4.52. The first-order valence-corrected chi connectivity index (χ1v) is 11.4. The Morgan fingerprint density at radius 1 is 1.20 bits per heavy atom. The summed E-state index contributed by atoms with van der Waals surface area (Å²) in [6.07, 6.45) is -0.232. The Morgan fingerprint density at radius 3 is 2.77 bits per heavy atom. The van der Waals surface area contributed by atoms with Crippen LogP contribution in [0.1, 0.15) is 27.4 Å². The van der Waals surface area contributed by atoms with E-state index in [1.807, 2.05) is 0 Å². The van der Waals surface area contributed by atoms with E-state index < -0.39 is 16.6 Å². The molecule has 1 aliphatic heterocycles. The van der Waals surface area contributed by atoms with Crippen LogP contribution in [0.2, 0.25) is 5.02 Å². The van der Waals surface area contributed by atoms with E-state index in [1.165, 1.54) is 24.5 Å². The molecule has 0 amide bonds. The Labute approximate surface area is 204 Å². The first-order chi connectivity index (χ1) is 16.7. The highest BCUT2D eigenvalue weighted by molar-refractivity contribution is 7.10. The molecule has 4 aromatic rings. The molecule has 0 atom stereocenters. The Bertz CT molecular complexity index is 1640. The molecule has 2 N–H and O–H groups in total. The van der Waals surface area contributed by atoms with Gasteiger partial charge in [0.25, 0.3) is 0 Å². The molecule has 0 aliphatic carbocycles. The van der Waals surface area contributed by atoms with Crippen LogP contribution < -0.4 is 15.4 Å². The minimum Gasteiger partial charge on any atom is -0.493 e. The average molecular weight is 518 g/mol. The molecule has 0 radical (unpaired) electrons. The maximum atomic E-state index is 13.8. The van der Waals surface area contributed by atoms with Crippen molar-refractivity contribution in [2.24, 2.45) is 10.2 Å². The molecule has 1 aliphatic rings. The van der Waals surface area contributed by atoms with E-state index in [9.17, 15) is 23.1 Å². The van der Waals surface area contributed by atoms with Gasteiger partial charge in [0.15, 0.2) is 0 Å². The largest absolute Gasteiger partial charge is 0.493 e. The van der Waals surface area contributed by atoms with Gasteiger partial charge < -0.3 is 10.1 Å². The summed E-state index contributed by atoms with van der Waals surface area (Å²) in [7, 11) is 0. The van der Waals surface area contributed by atoms with Crippen LogP contribution in [-0.2, 0) is 19.1 Å². The molecule has 0 saturated carbocycles. The van der Waals surface area contributed by atoms with Gasteiger partial charge in [-0.1, -0.05) is 35.1 Å². The second-order valence-electron chi connectivity index (χ2n) is 7.72. The smallest absolute Gasteiger partial charge is 0.416 e. The fraction of sp³-hybridized carbons (Fsp3) is 0.130. The summed E-state index contributed by atoms with van der Waals surface area (Å²) in [6, 6.07) is 8.62. The van der Waals surface area contributed by atoms with Gasteiger partial charge in [0.05, 0.1) is 28.6 Å². The van der Waals surface area contributed by atoms with Crippen molar-refractivity contribution in [3.8, 4) is 5.88 Å². The molecule has 0 saturated heterocycles. The van der Waals surface area contributed by atoms with Crippen LogP contribution in [-0.4, -0.2) is 25.9 Å². The van der Waals surface area contributed by atoms with Crippen LogP contribution >= 0.6 is 22.9 Å². The SMILES string of the molecule is O=c1sc(C(Cc2ccc(Cl)cc2C(F)(F)F)=c2ccc3c(c2)C=NN=3)c(O)n1Cc1ncc[nH]1. The lowest BCUT2D eigenvalue weighted by molar-refractivity contribution is -0.138. The van der Waals surface area contributed by atoms with Crippen molar-refractivity contribution in [1.82, 2.24) is 14.5 Å². The van der Waals surface area contributed by atoms with E-state index in [0.717, 1.165) is 22.0 Å². The van der Waals surface area contributed by atoms with Gasteiger partial charge in [0, 0.05) is 29.4 Å². The number of H-pyrrole nitrogens is 1. The number of alkyl halides is 3. The predicted molar refractivity (Wildman–Crippen MR) is 125 cm³/mol. The molecular formula is C23H15ClF3N5O2S. The molecule has 2 aromatic carbocycles. The number of nitrogens with one attached hydrogen (secondary N) is 1. The van der Waals surface area contributed by atoms with Crippen LogP contribution in [0.15, 0.2) is 63.8 Å². The highest BCUT2D eigenvalue weighted by Gasteiger charge is 2.34. The molecule has 178 valence electrons. The Balaban J connectivity index is 1.71. The Morgan fingerprint density at radius 2 is 2.03 bits per heavy atom. The predicted octanol–water partition coefficient (Wildman–Crippen LogP) is 3.47. The van der Waals surface area contributed by atoms with Crippen LogP contribution in [0.5, 0.6) is 5.88 Å². The summed E-state index contributed by atoms with van der Waals surface area (Å²) in [4.78, 5) is 19.4. The van der Waals surface area contributed by atoms with Crippen molar-refractivity contribution in [2.45, 2.75) is 19.1 Å². The number of aromatic amines is 1. The maximum absolute atomic E-state index is 13.8. The van der Waals surface area contributed by atoms with Crippen molar-refractivity contribution in [1.29, 1.82) is 0 Å². The third-order valence-electron chi connectivity index (χ3n) is 5.49. The highest BCUT2D eigenvalue weighted by atomic mass is 35.5.